The number of rotatable bonds is 7. The van der Waals surface area contributed by atoms with Crippen LogP contribution in [0.3, 0.4) is 0 Å². The number of amides is 1. The summed E-state index contributed by atoms with van der Waals surface area (Å²) in [5.74, 6) is 0.412. The second kappa shape index (κ2) is 9.07. The van der Waals surface area contributed by atoms with Crippen molar-refractivity contribution in [2.24, 2.45) is 0 Å². The standard InChI is InChI=1S/C19H26N4O2S/c1-22(16-10-6-3-7-11-16)17(24)14-26-19-21-20-18(25)23(19)13-12-15-8-4-2-5-9-15/h2,4-5,8-9,16H,3,6-7,10-14H2,1H3,(H,20,25). The van der Waals surface area contributed by atoms with Gasteiger partial charge in [0.25, 0.3) is 0 Å². The SMILES string of the molecule is CN(C(=O)CSc1n[nH]c(=O)n1CCc1ccccc1)C1CCCCC1. The summed E-state index contributed by atoms with van der Waals surface area (Å²) in [6, 6.07) is 10.4. The van der Waals surface area contributed by atoms with E-state index in [1.165, 1.54) is 36.6 Å². The van der Waals surface area contributed by atoms with E-state index in [0.29, 0.717) is 23.5 Å². The molecule has 1 fully saturated rings. The van der Waals surface area contributed by atoms with Crippen LogP contribution in [0.4, 0.5) is 0 Å². The first-order valence-electron chi connectivity index (χ1n) is 9.23. The molecule has 1 aromatic carbocycles. The van der Waals surface area contributed by atoms with E-state index in [2.05, 4.69) is 10.2 Å². The molecule has 7 heteroatoms. The van der Waals surface area contributed by atoms with Gasteiger partial charge in [0.05, 0.1) is 5.75 Å². The van der Waals surface area contributed by atoms with Crippen LogP contribution in [0.1, 0.15) is 37.7 Å². The Bertz CT molecular complexity index is 765. The molecule has 1 amide bonds. The molecule has 140 valence electrons. The summed E-state index contributed by atoms with van der Waals surface area (Å²) in [4.78, 5) is 26.4. The van der Waals surface area contributed by atoms with Crippen LogP contribution in [0, 0.1) is 0 Å². The molecule has 2 aromatic rings. The van der Waals surface area contributed by atoms with Crippen molar-refractivity contribution in [3.63, 3.8) is 0 Å². The highest BCUT2D eigenvalue weighted by Gasteiger charge is 2.22. The molecule has 3 rings (SSSR count). The topological polar surface area (TPSA) is 71.0 Å². The zero-order chi connectivity index (χ0) is 18.4. The molecule has 0 saturated heterocycles. The van der Waals surface area contributed by atoms with Gasteiger partial charge in [0.1, 0.15) is 0 Å². The Kier molecular flexibility index (Phi) is 6.55. The van der Waals surface area contributed by atoms with Gasteiger partial charge in [-0.2, -0.15) is 0 Å². The summed E-state index contributed by atoms with van der Waals surface area (Å²) in [5, 5.41) is 7.17. The van der Waals surface area contributed by atoms with E-state index in [9.17, 15) is 9.59 Å². The molecule has 6 nitrogen and oxygen atoms in total. The molecule has 1 aromatic heterocycles. The first kappa shape index (κ1) is 18.8. The third-order valence-electron chi connectivity index (χ3n) is 5.03. The van der Waals surface area contributed by atoms with Crippen LogP contribution in [-0.2, 0) is 17.8 Å². The van der Waals surface area contributed by atoms with E-state index in [0.717, 1.165) is 19.3 Å². The zero-order valence-corrected chi connectivity index (χ0v) is 16.0. The molecule has 1 heterocycles. The van der Waals surface area contributed by atoms with Crippen LogP contribution in [0.5, 0.6) is 0 Å². The Morgan fingerprint density at radius 1 is 1.27 bits per heavy atom. The summed E-state index contributed by atoms with van der Waals surface area (Å²) in [6.07, 6.45) is 6.62. The Balaban J connectivity index is 1.56. The van der Waals surface area contributed by atoms with Gasteiger partial charge in [-0.15, -0.1) is 5.10 Å². The largest absolute Gasteiger partial charge is 0.343 e. The highest BCUT2D eigenvalue weighted by molar-refractivity contribution is 7.99. The molecule has 0 aliphatic heterocycles. The number of aromatic nitrogens is 3. The summed E-state index contributed by atoms with van der Waals surface area (Å²) < 4.78 is 1.62. The molecule has 1 aliphatic carbocycles. The van der Waals surface area contributed by atoms with Crippen LogP contribution in [0.2, 0.25) is 0 Å². The highest BCUT2D eigenvalue weighted by atomic mass is 32.2. The third-order valence-corrected chi connectivity index (χ3v) is 5.99. The van der Waals surface area contributed by atoms with Crippen molar-refractivity contribution in [3.8, 4) is 0 Å². The first-order valence-corrected chi connectivity index (χ1v) is 10.2. The number of aromatic amines is 1. The van der Waals surface area contributed by atoms with Gasteiger partial charge in [0.2, 0.25) is 5.91 Å². The average molecular weight is 375 g/mol. The van der Waals surface area contributed by atoms with Crippen molar-refractivity contribution in [1.82, 2.24) is 19.7 Å². The van der Waals surface area contributed by atoms with E-state index in [4.69, 9.17) is 0 Å². The van der Waals surface area contributed by atoms with Crippen molar-refractivity contribution < 1.29 is 4.79 Å². The minimum atomic E-state index is -0.225. The Morgan fingerprint density at radius 2 is 2.00 bits per heavy atom. The number of benzene rings is 1. The number of H-pyrrole nitrogens is 1. The van der Waals surface area contributed by atoms with Gasteiger partial charge in [0.15, 0.2) is 5.16 Å². The molecule has 0 unspecified atom stereocenters. The van der Waals surface area contributed by atoms with Gasteiger partial charge in [0, 0.05) is 19.6 Å². The van der Waals surface area contributed by atoms with Crippen LogP contribution in [0.25, 0.3) is 0 Å². The van der Waals surface area contributed by atoms with Crippen LogP contribution in [-0.4, -0.2) is 44.4 Å². The van der Waals surface area contributed by atoms with Crippen molar-refractivity contribution in [2.45, 2.75) is 56.3 Å². The highest BCUT2D eigenvalue weighted by Crippen LogP contribution is 2.23. The second-order valence-corrected chi connectivity index (χ2v) is 7.73. The van der Waals surface area contributed by atoms with E-state index in [1.54, 1.807) is 4.57 Å². The Hall–Kier alpha value is -2.02. The number of aryl methyl sites for hydroxylation is 1. The predicted octanol–water partition coefficient (Wildman–Crippen LogP) is 2.70. The van der Waals surface area contributed by atoms with Gasteiger partial charge in [-0.1, -0.05) is 61.4 Å². The quantitative estimate of drug-likeness (QED) is 0.757. The molecule has 0 radical (unpaired) electrons. The molecule has 1 N–H and O–H groups in total. The molecule has 0 bridgehead atoms. The minimum absolute atomic E-state index is 0.104. The minimum Gasteiger partial charge on any atom is -0.342 e. The normalized spacial score (nSPS) is 15.1. The van der Waals surface area contributed by atoms with Gasteiger partial charge in [-0.3, -0.25) is 9.36 Å². The summed E-state index contributed by atoms with van der Waals surface area (Å²) in [7, 11) is 1.89. The number of nitrogens with one attached hydrogen (secondary N) is 1. The maximum Gasteiger partial charge on any atom is 0.343 e. The van der Waals surface area contributed by atoms with Crippen LogP contribution < -0.4 is 5.69 Å². The fourth-order valence-corrected chi connectivity index (χ4v) is 4.29. The van der Waals surface area contributed by atoms with Gasteiger partial charge < -0.3 is 4.90 Å². The molecule has 1 aliphatic rings. The van der Waals surface area contributed by atoms with Crippen LogP contribution in [0.15, 0.2) is 40.3 Å². The lowest BCUT2D eigenvalue weighted by Crippen LogP contribution is -2.39. The molecular formula is C19H26N4O2S. The van der Waals surface area contributed by atoms with E-state index in [-0.39, 0.29) is 11.6 Å². The number of carbonyl (C=O) groups excluding carboxylic acids is 1. The monoisotopic (exact) mass is 374 g/mol. The van der Waals surface area contributed by atoms with Crippen molar-refractivity contribution in [1.29, 1.82) is 0 Å². The Morgan fingerprint density at radius 3 is 2.73 bits per heavy atom. The average Bonchev–Trinajstić information content (AvgIpc) is 3.05. The van der Waals surface area contributed by atoms with E-state index in [1.807, 2.05) is 42.3 Å². The van der Waals surface area contributed by atoms with E-state index >= 15 is 0 Å². The molecule has 0 atom stereocenters. The van der Waals surface area contributed by atoms with E-state index < -0.39 is 0 Å². The number of nitrogens with zero attached hydrogens (tertiary/aromatic N) is 3. The number of thioether (sulfide) groups is 1. The van der Waals surface area contributed by atoms with Gasteiger partial charge >= 0.3 is 5.69 Å². The maximum atomic E-state index is 12.5. The molecular weight excluding hydrogens is 348 g/mol. The smallest absolute Gasteiger partial charge is 0.342 e. The van der Waals surface area contributed by atoms with Gasteiger partial charge in [-0.25, -0.2) is 9.89 Å². The number of hydrogen-bond acceptors (Lipinski definition) is 4. The van der Waals surface area contributed by atoms with Crippen molar-refractivity contribution in [3.05, 3.63) is 46.4 Å². The maximum absolute atomic E-state index is 12.5. The summed E-state index contributed by atoms with van der Waals surface area (Å²) in [6.45, 7) is 0.550. The predicted molar refractivity (Wildman–Crippen MR) is 103 cm³/mol. The summed E-state index contributed by atoms with van der Waals surface area (Å²) in [5.41, 5.74) is 0.946. The molecule has 26 heavy (non-hydrogen) atoms. The Labute approximate surface area is 158 Å². The van der Waals surface area contributed by atoms with Crippen molar-refractivity contribution in [2.75, 3.05) is 12.8 Å². The van der Waals surface area contributed by atoms with Crippen molar-refractivity contribution >= 4 is 17.7 Å². The lowest BCUT2D eigenvalue weighted by atomic mass is 9.94. The second-order valence-electron chi connectivity index (χ2n) is 6.78. The fraction of sp³-hybridized carbons (Fsp3) is 0.526. The van der Waals surface area contributed by atoms with Gasteiger partial charge in [-0.05, 0) is 24.8 Å². The third kappa shape index (κ3) is 4.78. The zero-order valence-electron chi connectivity index (χ0n) is 15.2. The van der Waals surface area contributed by atoms with Crippen LogP contribution >= 0.6 is 11.8 Å². The molecule has 1 saturated carbocycles. The molecule has 0 spiro atoms. The number of hydrogen-bond donors (Lipinski definition) is 1. The lowest BCUT2D eigenvalue weighted by molar-refractivity contribution is -0.129. The first-order chi connectivity index (χ1) is 12.6. The lowest BCUT2D eigenvalue weighted by Gasteiger charge is -2.31. The summed E-state index contributed by atoms with van der Waals surface area (Å²) >= 11 is 1.33. The fourth-order valence-electron chi connectivity index (χ4n) is 3.40. The number of carbonyl (C=O) groups is 1.